The average molecular weight is 476 g/mol. The van der Waals surface area contributed by atoms with E-state index < -0.39 is 11.8 Å². The Morgan fingerprint density at radius 1 is 1.18 bits per heavy atom. The first-order chi connectivity index (χ1) is 13.3. The Bertz CT molecular complexity index is 1330. The van der Waals surface area contributed by atoms with Crippen molar-refractivity contribution in [2.75, 3.05) is 5.43 Å². The summed E-state index contributed by atoms with van der Waals surface area (Å²) in [6.07, 6.45) is 0. The highest BCUT2D eigenvalue weighted by atomic mass is 79.9. The maximum absolute atomic E-state index is 12.4. The molecule has 0 saturated carbocycles. The summed E-state index contributed by atoms with van der Waals surface area (Å²) in [5.74, 6) is -1.35. The van der Waals surface area contributed by atoms with Gasteiger partial charge in [-0.15, -0.1) is 0 Å². The van der Waals surface area contributed by atoms with Gasteiger partial charge in [0.05, 0.1) is 10.9 Å². The predicted molar refractivity (Wildman–Crippen MR) is 109 cm³/mol. The number of rotatable bonds is 3. The molecule has 10 heteroatoms. The van der Waals surface area contributed by atoms with Crippen molar-refractivity contribution >= 4 is 56.9 Å². The minimum absolute atomic E-state index is 0.0264. The number of hydrogen-bond acceptors (Lipinski definition) is 6. The first-order valence-corrected chi connectivity index (χ1v) is 9.85. The van der Waals surface area contributed by atoms with Crippen LogP contribution in [0.5, 0.6) is 11.6 Å². The molecule has 4 rings (SSSR count). The number of aromatic hydroxyl groups is 2. The van der Waals surface area contributed by atoms with Crippen molar-refractivity contribution in [2.45, 2.75) is 0 Å². The van der Waals surface area contributed by atoms with Crippen LogP contribution in [0, 0.1) is 3.95 Å². The molecule has 140 valence electrons. The Morgan fingerprint density at radius 2 is 1.89 bits per heavy atom. The van der Waals surface area contributed by atoms with Crippen molar-refractivity contribution < 1.29 is 19.8 Å². The van der Waals surface area contributed by atoms with Crippen molar-refractivity contribution in [1.82, 2.24) is 4.68 Å². The van der Waals surface area contributed by atoms with Gasteiger partial charge >= 0.3 is 0 Å². The maximum atomic E-state index is 12.4. The highest BCUT2D eigenvalue weighted by Crippen LogP contribution is 2.32. The SMILES string of the molecule is O=C1N=c2ccc(Br)cc2=C1c1sc(=S)n(NC(=O)c2ccc(O)cc2)c1O. The van der Waals surface area contributed by atoms with Gasteiger partial charge in [-0.25, -0.2) is 4.99 Å². The topological polar surface area (TPSA) is 104 Å². The molecular formula is C18H10BrN3O4S2. The van der Waals surface area contributed by atoms with E-state index >= 15 is 0 Å². The quantitative estimate of drug-likeness (QED) is 0.503. The third-order valence-corrected chi connectivity index (χ3v) is 5.89. The number of phenols is 1. The fraction of sp³-hybridized carbons (Fsp3) is 0. The van der Waals surface area contributed by atoms with Crippen molar-refractivity contribution in [2.24, 2.45) is 4.99 Å². The summed E-state index contributed by atoms with van der Waals surface area (Å²) >= 11 is 9.60. The smallest absolute Gasteiger partial charge is 0.279 e. The molecule has 0 unspecified atom stereocenters. The third kappa shape index (κ3) is 3.15. The molecule has 0 saturated heterocycles. The van der Waals surface area contributed by atoms with E-state index in [4.69, 9.17) is 12.2 Å². The number of hydrogen-bond donors (Lipinski definition) is 3. The van der Waals surface area contributed by atoms with Crippen LogP contribution in [0.2, 0.25) is 0 Å². The second kappa shape index (κ2) is 6.97. The van der Waals surface area contributed by atoms with Crippen LogP contribution < -0.4 is 16.0 Å². The number of carbonyl (C=O) groups excluding carboxylic acids is 2. The number of nitrogens with zero attached hydrogens (tertiary/aromatic N) is 2. The van der Waals surface area contributed by atoms with Crippen LogP contribution in [-0.4, -0.2) is 26.7 Å². The molecule has 2 amide bonds. The average Bonchev–Trinajstić information content (AvgIpc) is 3.11. The van der Waals surface area contributed by atoms with Crippen LogP contribution in [0.3, 0.4) is 0 Å². The van der Waals surface area contributed by atoms with Gasteiger partial charge in [0, 0.05) is 15.3 Å². The summed E-state index contributed by atoms with van der Waals surface area (Å²) in [4.78, 5) is 29.0. The molecule has 0 fully saturated rings. The van der Waals surface area contributed by atoms with E-state index in [1.165, 1.54) is 24.3 Å². The molecule has 3 aromatic rings. The first kappa shape index (κ1) is 18.5. The minimum atomic E-state index is -0.536. The lowest BCUT2D eigenvalue weighted by atomic mass is 10.1. The fourth-order valence-electron chi connectivity index (χ4n) is 2.71. The van der Waals surface area contributed by atoms with Gasteiger partial charge in [-0.1, -0.05) is 27.3 Å². The summed E-state index contributed by atoms with van der Waals surface area (Å²) in [5.41, 5.74) is 2.99. The number of halogens is 1. The van der Waals surface area contributed by atoms with Gasteiger partial charge in [0.25, 0.3) is 11.8 Å². The molecule has 0 bridgehead atoms. The van der Waals surface area contributed by atoms with Crippen LogP contribution in [0.4, 0.5) is 0 Å². The number of fused-ring (bicyclic) bond motifs is 1. The normalized spacial score (nSPS) is 12.6. The number of carbonyl (C=O) groups is 2. The summed E-state index contributed by atoms with van der Waals surface area (Å²) in [5, 5.41) is 21.0. The van der Waals surface area contributed by atoms with Crippen molar-refractivity contribution in [3.8, 4) is 11.6 Å². The Balaban J connectivity index is 1.79. The summed E-state index contributed by atoms with van der Waals surface area (Å²) in [6.45, 7) is 0. The Hall–Kier alpha value is -2.82. The predicted octanol–water partition coefficient (Wildman–Crippen LogP) is 2.20. The fourth-order valence-corrected chi connectivity index (χ4v) is 4.34. The molecule has 0 atom stereocenters. The zero-order valence-corrected chi connectivity index (χ0v) is 17.1. The van der Waals surface area contributed by atoms with Gasteiger partial charge in [0.2, 0.25) is 5.88 Å². The Labute approximate surface area is 175 Å². The summed E-state index contributed by atoms with van der Waals surface area (Å²) < 4.78 is 1.96. The van der Waals surface area contributed by atoms with Crippen LogP contribution in [0.1, 0.15) is 15.2 Å². The lowest BCUT2D eigenvalue weighted by Crippen LogP contribution is -2.23. The molecule has 2 aromatic carbocycles. The van der Waals surface area contributed by atoms with Gasteiger partial charge in [-0.05, 0) is 54.7 Å². The number of thiazole rings is 1. The maximum Gasteiger partial charge on any atom is 0.279 e. The van der Waals surface area contributed by atoms with E-state index in [2.05, 4.69) is 26.3 Å². The number of aromatic nitrogens is 1. The molecular weight excluding hydrogens is 466 g/mol. The first-order valence-electron chi connectivity index (χ1n) is 7.83. The van der Waals surface area contributed by atoms with E-state index in [0.29, 0.717) is 10.6 Å². The molecule has 1 aromatic heterocycles. The van der Waals surface area contributed by atoms with Gasteiger partial charge in [-0.3, -0.25) is 15.0 Å². The molecule has 0 aliphatic carbocycles. The van der Waals surface area contributed by atoms with Crippen molar-refractivity contribution in [3.05, 3.63) is 71.9 Å². The molecule has 0 radical (unpaired) electrons. The van der Waals surface area contributed by atoms with Crippen LogP contribution >= 0.6 is 39.5 Å². The molecule has 7 nitrogen and oxygen atoms in total. The van der Waals surface area contributed by atoms with Gasteiger partial charge < -0.3 is 10.2 Å². The largest absolute Gasteiger partial charge is 0.508 e. The molecule has 3 N–H and O–H groups in total. The van der Waals surface area contributed by atoms with Gasteiger partial charge in [0.1, 0.15) is 10.6 Å². The number of amides is 2. The Kier molecular flexibility index (Phi) is 4.61. The molecule has 2 heterocycles. The second-order valence-electron chi connectivity index (χ2n) is 5.80. The van der Waals surface area contributed by atoms with Crippen LogP contribution in [0.15, 0.2) is 51.9 Å². The van der Waals surface area contributed by atoms with Crippen LogP contribution in [0.25, 0.3) is 5.57 Å². The number of phenolic OH excluding ortho intramolecular Hbond substituents is 1. The highest BCUT2D eigenvalue weighted by molar-refractivity contribution is 9.10. The van der Waals surface area contributed by atoms with E-state index in [0.717, 1.165) is 20.5 Å². The highest BCUT2D eigenvalue weighted by Gasteiger charge is 2.26. The van der Waals surface area contributed by atoms with Crippen molar-refractivity contribution in [1.29, 1.82) is 0 Å². The lowest BCUT2D eigenvalue weighted by Gasteiger charge is -2.08. The number of nitrogens with one attached hydrogen (secondary N) is 1. The minimum Gasteiger partial charge on any atom is -0.508 e. The molecule has 1 aliphatic heterocycles. The standard InChI is InChI=1S/C18H10BrN3O4S2/c19-9-3-6-12-11(7-9)13(16(25)20-12)14-17(26)22(18(27)28-14)21-15(24)8-1-4-10(23)5-2-8/h1-7,23,26H,(H,21,24). The summed E-state index contributed by atoms with van der Waals surface area (Å²) in [6, 6.07) is 10.8. The van der Waals surface area contributed by atoms with E-state index in [1.807, 2.05) is 0 Å². The zero-order valence-electron chi connectivity index (χ0n) is 13.8. The van der Waals surface area contributed by atoms with E-state index in [-0.39, 0.29) is 31.6 Å². The van der Waals surface area contributed by atoms with Gasteiger partial charge in [-0.2, -0.15) is 4.68 Å². The monoisotopic (exact) mass is 475 g/mol. The number of benzene rings is 2. The second-order valence-corrected chi connectivity index (χ2v) is 8.36. The van der Waals surface area contributed by atoms with Crippen LogP contribution in [-0.2, 0) is 4.79 Å². The molecule has 0 spiro atoms. The molecule has 1 aliphatic rings. The zero-order chi connectivity index (χ0) is 20.0. The molecule has 28 heavy (non-hydrogen) atoms. The Morgan fingerprint density at radius 3 is 2.61 bits per heavy atom. The van der Waals surface area contributed by atoms with Gasteiger partial charge in [0.15, 0.2) is 3.95 Å². The lowest BCUT2D eigenvalue weighted by molar-refractivity contribution is -0.112. The van der Waals surface area contributed by atoms with E-state index in [1.54, 1.807) is 18.2 Å². The third-order valence-electron chi connectivity index (χ3n) is 4.02. The summed E-state index contributed by atoms with van der Waals surface area (Å²) in [7, 11) is 0. The van der Waals surface area contributed by atoms with E-state index in [9.17, 15) is 19.8 Å². The van der Waals surface area contributed by atoms with Crippen molar-refractivity contribution in [3.63, 3.8) is 0 Å².